The number of nitriles is 1. The number of benzene rings is 1. The summed E-state index contributed by atoms with van der Waals surface area (Å²) in [6.07, 6.45) is 0. The van der Waals surface area contributed by atoms with Crippen LogP contribution in [0.3, 0.4) is 0 Å². The zero-order chi connectivity index (χ0) is 15.4. The van der Waals surface area contributed by atoms with E-state index in [4.69, 9.17) is 10.00 Å². The third-order valence-electron chi connectivity index (χ3n) is 3.15. The molecule has 0 fully saturated rings. The minimum atomic E-state index is -0.462. The predicted molar refractivity (Wildman–Crippen MR) is 74.6 cm³/mol. The lowest BCUT2D eigenvalue weighted by molar-refractivity contribution is 0.274. The number of aromatic nitrogens is 2. The van der Waals surface area contributed by atoms with Gasteiger partial charge >= 0.3 is 0 Å². The van der Waals surface area contributed by atoms with E-state index >= 15 is 0 Å². The van der Waals surface area contributed by atoms with Crippen molar-refractivity contribution in [1.29, 1.82) is 5.26 Å². The van der Waals surface area contributed by atoms with E-state index in [-0.39, 0.29) is 24.5 Å². The normalized spacial score (nSPS) is 10.2. The average molecular weight is 287 g/mol. The molecule has 0 saturated carbocycles. The standard InChI is InChI=1S/C15H14FN3O2/c1-10-11(2)18-19(15(20)12(10)9-17)7-8-21-14-6-4-3-5-13(14)16/h3-6H,7-8H2,1-2H3. The summed E-state index contributed by atoms with van der Waals surface area (Å²) in [7, 11) is 0. The molecule has 0 atom stereocenters. The van der Waals surface area contributed by atoms with Gasteiger partial charge in [0.1, 0.15) is 18.2 Å². The van der Waals surface area contributed by atoms with Crippen molar-refractivity contribution in [2.45, 2.75) is 20.4 Å². The van der Waals surface area contributed by atoms with Crippen LogP contribution in [-0.4, -0.2) is 16.4 Å². The van der Waals surface area contributed by atoms with Crippen molar-refractivity contribution in [1.82, 2.24) is 9.78 Å². The molecule has 5 nitrogen and oxygen atoms in total. The van der Waals surface area contributed by atoms with Crippen molar-refractivity contribution >= 4 is 0 Å². The Morgan fingerprint density at radius 1 is 1.38 bits per heavy atom. The highest BCUT2D eigenvalue weighted by Gasteiger charge is 2.11. The lowest BCUT2D eigenvalue weighted by Gasteiger charge is -2.10. The Kier molecular flexibility index (Phi) is 4.33. The Bertz CT molecular complexity index is 762. The second-order valence-corrected chi connectivity index (χ2v) is 4.50. The molecule has 0 bridgehead atoms. The molecule has 0 radical (unpaired) electrons. The number of ether oxygens (including phenoxy) is 1. The van der Waals surface area contributed by atoms with Crippen LogP contribution >= 0.6 is 0 Å². The fraction of sp³-hybridized carbons (Fsp3) is 0.267. The number of halogens is 1. The average Bonchev–Trinajstić information content (AvgIpc) is 2.47. The second-order valence-electron chi connectivity index (χ2n) is 4.50. The SMILES string of the molecule is Cc1nn(CCOc2ccccc2F)c(=O)c(C#N)c1C. The van der Waals surface area contributed by atoms with Crippen LogP contribution in [-0.2, 0) is 6.54 Å². The van der Waals surface area contributed by atoms with Crippen molar-refractivity contribution in [2.24, 2.45) is 0 Å². The molecule has 0 spiro atoms. The van der Waals surface area contributed by atoms with E-state index in [9.17, 15) is 9.18 Å². The summed E-state index contributed by atoms with van der Waals surface area (Å²) in [6, 6.07) is 7.92. The first-order valence-corrected chi connectivity index (χ1v) is 6.40. The molecule has 0 aliphatic rings. The van der Waals surface area contributed by atoms with Gasteiger partial charge in [-0.2, -0.15) is 10.4 Å². The molecule has 1 aromatic heterocycles. The van der Waals surface area contributed by atoms with E-state index in [1.165, 1.54) is 16.8 Å². The molecular weight excluding hydrogens is 273 g/mol. The lowest BCUT2D eigenvalue weighted by atomic mass is 10.1. The first kappa shape index (κ1) is 14.7. The Balaban J connectivity index is 2.15. The highest BCUT2D eigenvalue weighted by atomic mass is 19.1. The molecule has 1 heterocycles. The predicted octanol–water partition coefficient (Wildman–Crippen LogP) is 1.95. The van der Waals surface area contributed by atoms with Crippen LogP contribution in [0.4, 0.5) is 4.39 Å². The van der Waals surface area contributed by atoms with Crippen LogP contribution in [0.1, 0.15) is 16.8 Å². The fourth-order valence-corrected chi connectivity index (χ4v) is 1.86. The van der Waals surface area contributed by atoms with E-state index < -0.39 is 11.4 Å². The maximum Gasteiger partial charge on any atom is 0.285 e. The van der Waals surface area contributed by atoms with Gasteiger partial charge < -0.3 is 4.74 Å². The van der Waals surface area contributed by atoms with Crippen molar-refractivity contribution in [3.63, 3.8) is 0 Å². The van der Waals surface area contributed by atoms with Gasteiger partial charge in [0, 0.05) is 0 Å². The monoisotopic (exact) mass is 287 g/mol. The molecule has 0 N–H and O–H groups in total. The quantitative estimate of drug-likeness (QED) is 0.862. The van der Waals surface area contributed by atoms with Crippen LogP contribution in [0.15, 0.2) is 29.1 Å². The van der Waals surface area contributed by atoms with Gasteiger partial charge in [0.25, 0.3) is 5.56 Å². The molecule has 0 saturated heterocycles. The number of hydrogen-bond acceptors (Lipinski definition) is 4. The van der Waals surface area contributed by atoms with Crippen molar-refractivity contribution in [3.8, 4) is 11.8 Å². The molecule has 0 amide bonds. The fourth-order valence-electron chi connectivity index (χ4n) is 1.86. The zero-order valence-corrected chi connectivity index (χ0v) is 11.8. The Morgan fingerprint density at radius 3 is 2.76 bits per heavy atom. The molecule has 0 aliphatic carbocycles. The van der Waals surface area contributed by atoms with E-state index in [0.29, 0.717) is 11.3 Å². The van der Waals surface area contributed by atoms with E-state index in [2.05, 4.69) is 5.10 Å². The molecule has 2 rings (SSSR count). The minimum absolute atomic E-state index is 0.0772. The number of para-hydroxylation sites is 1. The van der Waals surface area contributed by atoms with Gasteiger partial charge in [0.15, 0.2) is 11.6 Å². The summed E-state index contributed by atoms with van der Waals surface area (Å²) in [6.45, 7) is 3.64. The van der Waals surface area contributed by atoms with Crippen LogP contribution in [0.2, 0.25) is 0 Å². The topological polar surface area (TPSA) is 67.9 Å². The van der Waals surface area contributed by atoms with E-state index in [0.717, 1.165) is 0 Å². The summed E-state index contributed by atoms with van der Waals surface area (Å²) < 4.78 is 19.8. The number of hydrogen-bond donors (Lipinski definition) is 0. The number of rotatable bonds is 4. The smallest absolute Gasteiger partial charge is 0.285 e. The first-order valence-electron chi connectivity index (χ1n) is 6.40. The van der Waals surface area contributed by atoms with Gasteiger partial charge in [0.2, 0.25) is 0 Å². The molecule has 1 aromatic carbocycles. The van der Waals surface area contributed by atoms with Gasteiger partial charge in [-0.1, -0.05) is 12.1 Å². The highest BCUT2D eigenvalue weighted by Crippen LogP contribution is 2.15. The van der Waals surface area contributed by atoms with Crippen molar-refractivity contribution in [3.05, 3.63) is 57.3 Å². The Morgan fingerprint density at radius 2 is 2.10 bits per heavy atom. The van der Waals surface area contributed by atoms with Crippen LogP contribution in [0, 0.1) is 31.0 Å². The van der Waals surface area contributed by atoms with Crippen molar-refractivity contribution in [2.75, 3.05) is 6.61 Å². The summed E-state index contributed by atoms with van der Waals surface area (Å²) >= 11 is 0. The molecule has 2 aromatic rings. The molecule has 21 heavy (non-hydrogen) atoms. The maximum atomic E-state index is 13.4. The summed E-state index contributed by atoms with van der Waals surface area (Å²) in [5.74, 6) is -0.342. The van der Waals surface area contributed by atoms with Gasteiger partial charge in [0.05, 0.1) is 12.2 Å². The van der Waals surface area contributed by atoms with Crippen LogP contribution in [0.5, 0.6) is 5.75 Å². The summed E-state index contributed by atoms with van der Waals surface area (Å²) in [5.41, 5.74) is 0.803. The van der Waals surface area contributed by atoms with Crippen molar-refractivity contribution < 1.29 is 9.13 Å². The number of aryl methyl sites for hydroxylation is 1. The minimum Gasteiger partial charge on any atom is -0.489 e. The maximum absolute atomic E-state index is 13.4. The van der Waals surface area contributed by atoms with Gasteiger partial charge in [-0.05, 0) is 31.5 Å². The van der Waals surface area contributed by atoms with E-state index in [1.807, 2.05) is 6.07 Å². The lowest BCUT2D eigenvalue weighted by Crippen LogP contribution is -2.29. The molecule has 0 aliphatic heterocycles. The second kappa shape index (κ2) is 6.18. The Hall–Kier alpha value is -2.68. The van der Waals surface area contributed by atoms with Gasteiger partial charge in [-0.25, -0.2) is 9.07 Å². The molecule has 6 heteroatoms. The van der Waals surface area contributed by atoms with Crippen LogP contribution < -0.4 is 10.3 Å². The summed E-state index contributed by atoms with van der Waals surface area (Å²) in [5, 5.41) is 13.1. The van der Waals surface area contributed by atoms with Crippen LogP contribution in [0.25, 0.3) is 0 Å². The molecule has 0 unspecified atom stereocenters. The number of nitrogens with zero attached hydrogens (tertiary/aromatic N) is 3. The molecule has 108 valence electrons. The highest BCUT2D eigenvalue weighted by molar-refractivity contribution is 5.36. The van der Waals surface area contributed by atoms with E-state index in [1.54, 1.807) is 26.0 Å². The third-order valence-corrected chi connectivity index (χ3v) is 3.15. The largest absolute Gasteiger partial charge is 0.489 e. The Labute approximate surface area is 121 Å². The summed E-state index contributed by atoms with van der Waals surface area (Å²) in [4.78, 5) is 12.0. The zero-order valence-electron chi connectivity index (χ0n) is 11.8. The van der Waals surface area contributed by atoms with Gasteiger partial charge in [-0.3, -0.25) is 4.79 Å². The van der Waals surface area contributed by atoms with Gasteiger partial charge in [-0.15, -0.1) is 0 Å². The first-order chi connectivity index (χ1) is 10.0. The third kappa shape index (κ3) is 3.08. The molecular formula is C15H14FN3O2.